The Morgan fingerprint density at radius 2 is 2.33 bits per heavy atom. The highest BCUT2D eigenvalue weighted by Gasteiger charge is 2.26. The van der Waals surface area contributed by atoms with E-state index >= 15 is 0 Å². The fraction of sp³-hybridized carbons (Fsp3) is 0.400. The standard InChI is InChI=1S/C10H11ClN2O2/c11-8-2-1-3-9(13(14)15)10(8)7-4-5-12-6-7/h1-3,7,12H,4-6H2. The molecular formula is C10H11ClN2O2. The van der Waals surface area contributed by atoms with E-state index in [9.17, 15) is 10.1 Å². The number of nitro benzene ring substituents is 1. The number of hydrogen-bond acceptors (Lipinski definition) is 3. The maximum atomic E-state index is 10.9. The van der Waals surface area contributed by atoms with Gasteiger partial charge in [0.05, 0.1) is 15.5 Å². The zero-order valence-electron chi connectivity index (χ0n) is 8.07. The molecule has 1 aromatic carbocycles. The minimum atomic E-state index is -0.362. The molecule has 0 aromatic heterocycles. The molecule has 0 saturated carbocycles. The summed E-state index contributed by atoms with van der Waals surface area (Å²) in [6, 6.07) is 4.84. The molecule has 5 heteroatoms. The van der Waals surface area contributed by atoms with E-state index in [1.54, 1.807) is 12.1 Å². The van der Waals surface area contributed by atoms with Gasteiger partial charge in [0.2, 0.25) is 0 Å². The zero-order valence-corrected chi connectivity index (χ0v) is 8.83. The highest BCUT2D eigenvalue weighted by Crippen LogP contribution is 2.35. The average molecular weight is 227 g/mol. The van der Waals surface area contributed by atoms with Crippen molar-refractivity contribution in [2.24, 2.45) is 0 Å². The number of hydrogen-bond donors (Lipinski definition) is 1. The molecule has 80 valence electrons. The summed E-state index contributed by atoms with van der Waals surface area (Å²) in [7, 11) is 0. The largest absolute Gasteiger partial charge is 0.316 e. The lowest BCUT2D eigenvalue weighted by molar-refractivity contribution is -0.385. The Morgan fingerprint density at radius 3 is 2.93 bits per heavy atom. The van der Waals surface area contributed by atoms with E-state index in [1.165, 1.54) is 6.07 Å². The first kappa shape index (κ1) is 10.4. The first-order chi connectivity index (χ1) is 7.20. The van der Waals surface area contributed by atoms with Crippen LogP contribution in [0.4, 0.5) is 5.69 Å². The maximum absolute atomic E-state index is 10.9. The van der Waals surface area contributed by atoms with Crippen LogP contribution in [-0.4, -0.2) is 18.0 Å². The second-order valence-corrected chi connectivity index (χ2v) is 4.03. The zero-order chi connectivity index (χ0) is 10.8. The summed E-state index contributed by atoms with van der Waals surface area (Å²) in [4.78, 5) is 10.5. The van der Waals surface area contributed by atoms with Gasteiger partial charge in [-0.25, -0.2) is 0 Å². The summed E-state index contributed by atoms with van der Waals surface area (Å²) in [6.07, 6.45) is 0.907. The second kappa shape index (κ2) is 4.16. The van der Waals surface area contributed by atoms with Crippen molar-refractivity contribution in [2.45, 2.75) is 12.3 Å². The van der Waals surface area contributed by atoms with Crippen LogP contribution < -0.4 is 5.32 Å². The molecule has 1 aliphatic heterocycles. The third-order valence-corrected chi connectivity index (χ3v) is 3.02. The molecule has 1 fully saturated rings. The molecule has 1 N–H and O–H groups in total. The first-order valence-corrected chi connectivity index (χ1v) is 5.21. The summed E-state index contributed by atoms with van der Waals surface area (Å²) < 4.78 is 0. The molecule has 1 saturated heterocycles. The van der Waals surface area contributed by atoms with Crippen LogP contribution >= 0.6 is 11.6 Å². The van der Waals surface area contributed by atoms with E-state index in [2.05, 4.69) is 5.32 Å². The second-order valence-electron chi connectivity index (χ2n) is 3.62. The Bertz CT molecular complexity index is 389. The van der Waals surface area contributed by atoms with Crippen LogP contribution in [0.1, 0.15) is 17.9 Å². The monoisotopic (exact) mass is 226 g/mol. The number of nitrogens with zero attached hydrogens (tertiary/aromatic N) is 1. The summed E-state index contributed by atoms with van der Waals surface area (Å²) in [5.74, 6) is 0.166. The summed E-state index contributed by atoms with van der Waals surface area (Å²) in [5, 5.41) is 14.5. The van der Waals surface area contributed by atoms with Crippen molar-refractivity contribution < 1.29 is 4.92 Å². The molecule has 0 aliphatic carbocycles. The summed E-state index contributed by atoms with van der Waals surface area (Å²) in [5.41, 5.74) is 0.811. The molecule has 1 heterocycles. The van der Waals surface area contributed by atoms with Crippen molar-refractivity contribution in [1.29, 1.82) is 0 Å². The van der Waals surface area contributed by atoms with Gasteiger partial charge in [-0.1, -0.05) is 17.7 Å². The fourth-order valence-corrected chi connectivity index (χ4v) is 2.31. The van der Waals surface area contributed by atoms with Crippen LogP contribution in [0.5, 0.6) is 0 Å². The molecule has 4 nitrogen and oxygen atoms in total. The van der Waals surface area contributed by atoms with Crippen LogP contribution in [0.2, 0.25) is 5.02 Å². The van der Waals surface area contributed by atoms with Gasteiger partial charge in [-0.05, 0) is 19.0 Å². The summed E-state index contributed by atoms with van der Waals surface area (Å²) >= 11 is 6.02. The van der Waals surface area contributed by atoms with E-state index in [0.717, 1.165) is 19.5 Å². The molecule has 1 atom stereocenters. The van der Waals surface area contributed by atoms with Crippen LogP contribution in [-0.2, 0) is 0 Å². The van der Waals surface area contributed by atoms with E-state index in [1.807, 2.05) is 0 Å². The lowest BCUT2D eigenvalue weighted by Gasteiger charge is -2.10. The van der Waals surface area contributed by atoms with Gasteiger partial charge in [-0.15, -0.1) is 0 Å². The van der Waals surface area contributed by atoms with E-state index < -0.39 is 0 Å². The predicted molar refractivity (Wildman–Crippen MR) is 58.3 cm³/mol. The Kier molecular flexibility index (Phi) is 2.88. The third kappa shape index (κ3) is 1.96. The van der Waals surface area contributed by atoms with Crippen LogP contribution in [0.15, 0.2) is 18.2 Å². The minimum absolute atomic E-state index is 0.135. The van der Waals surface area contributed by atoms with Crippen molar-refractivity contribution in [3.63, 3.8) is 0 Å². The van der Waals surface area contributed by atoms with Gasteiger partial charge in [0.1, 0.15) is 0 Å². The number of benzene rings is 1. The molecular weight excluding hydrogens is 216 g/mol. The van der Waals surface area contributed by atoms with Crippen LogP contribution in [0.25, 0.3) is 0 Å². The Morgan fingerprint density at radius 1 is 1.53 bits per heavy atom. The summed E-state index contributed by atoms with van der Waals surface area (Å²) in [6.45, 7) is 1.66. The fourth-order valence-electron chi connectivity index (χ4n) is 1.99. The molecule has 2 rings (SSSR count). The smallest absolute Gasteiger partial charge is 0.274 e. The molecule has 1 aliphatic rings. The maximum Gasteiger partial charge on any atom is 0.274 e. The lowest BCUT2D eigenvalue weighted by Crippen LogP contribution is -2.09. The van der Waals surface area contributed by atoms with Crippen molar-refractivity contribution in [2.75, 3.05) is 13.1 Å². The molecule has 0 radical (unpaired) electrons. The molecule has 0 amide bonds. The Labute approximate surface area is 92.4 Å². The number of nitro groups is 1. The van der Waals surface area contributed by atoms with Gasteiger partial charge in [-0.2, -0.15) is 0 Å². The van der Waals surface area contributed by atoms with Crippen LogP contribution in [0, 0.1) is 10.1 Å². The van der Waals surface area contributed by atoms with E-state index in [4.69, 9.17) is 11.6 Å². The lowest BCUT2D eigenvalue weighted by atomic mass is 9.96. The van der Waals surface area contributed by atoms with Gasteiger partial charge in [0.25, 0.3) is 5.69 Å². The molecule has 1 aromatic rings. The Balaban J connectivity index is 2.46. The molecule has 1 unspecified atom stereocenters. The number of nitrogens with one attached hydrogen (secondary N) is 1. The highest BCUT2D eigenvalue weighted by molar-refractivity contribution is 6.31. The quantitative estimate of drug-likeness (QED) is 0.622. The van der Waals surface area contributed by atoms with Crippen LogP contribution in [0.3, 0.4) is 0 Å². The third-order valence-electron chi connectivity index (χ3n) is 2.70. The average Bonchev–Trinajstić information content (AvgIpc) is 2.70. The molecule has 0 bridgehead atoms. The van der Waals surface area contributed by atoms with Crippen molar-refractivity contribution in [1.82, 2.24) is 5.32 Å². The topological polar surface area (TPSA) is 55.2 Å². The van der Waals surface area contributed by atoms with Gasteiger partial charge in [0.15, 0.2) is 0 Å². The molecule has 0 spiro atoms. The van der Waals surface area contributed by atoms with Gasteiger partial charge in [-0.3, -0.25) is 10.1 Å². The van der Waals surface area contributed by atoms with Gasteiger partial charge >= 0.3 is 0 Å². The molecule has 15 heavy (non-hydrogen) atoms. The number of halogens is 1. The first-order valence-electron chi connectivity index (χ1n) is 4.83. The Hall–Kier alpha value is -1.13. The normalized spacial score (nSPS) is 20.5. The van der Waals surface area contributed by atoms with Gasteiger partial charge in [0, 0.05) is 18.5 Å². The van der Waals surface area contributed by atoms with Gasteiger partial charge < -0.3 is 5.32 Å². The van der Waals surface area contributed by atoms with Crippen molar-refractivity contribution in [3.05, 3.63) is 38.9 Å². The van der Waals surface area contributed by atoms with E-state index in [-0.39, 0.29) is 16.5 Å². The highest BCUT2D eigenvalue weighted by atomic mass is 35.5. The SMILES string of the molecule is O=[N+]([O-])c1cccc(Cl)c1C1CCNC1. The predicted octanol–water partition coefficient (Wildman–Crippen LogP) is 2.33. The minimum Gasteiger partial charge on any atom is -0.316 e. The van der Waals surface area contributed by atoms with Crippen molar-refractivity contribution >= 4 is 17.3 Å². The van der Waals surface area contributed by atoms with E-state index in [0.29, 0.717) is 10.6 Å². The number of rotatable bonds is 2. The van der Waals surface area contributed by atoms with Crippen molar-refractivity contribution in [3.8, 4) is 0 Å².